The number of amides is 2. The standard InChI is InChI=1S/C20H24N2O3/c1-14-5-6-15(2)19(13-14)22(16(3)23)12-11-21-20(24)17-7-9-18(25-4)10-8-17/h5-10,13H,11-12H2,1-4H3,(H,21,24). The molecule has 2 aromatic rings. The molecule has 0 fully saturated rings. The highest BCUT2D eigenvalue weighted by Gasteiger charge is 2.14. The van der Waals surface area contributed by atoms with Gasteiger partial charge in [-0.15, -0.1) is 0 Å². The van der Waals surface area contributed by atoms with Crippen molar-refractivity contribution < 1.29 is 14.3 Å². The molecule has 0 saturated heterocycles. The van der Waals surface area contributed by atoms with E-state index in [9.17, 15) is 9.59 Å². The van der Waals surface area contributed by atoms with Crippen LogP contribution in [0, 0.1) is 13.8 Å². The number of anilines is 1. The van der Waals surface area contributed by atoms with Gasteiger partial charge in [-0.05, 0) is 55.3 Å². The third-order valence-corrected chi connectivity index (χ3v) is 4.01. The third-order valence-electron chi connectivity index (χ3n) is 4.01. The lowest BCUT2D eigenvalue weighted by Gasteiger charge is -2.23. The number of methoxy groups -OCH3 is 1. The van der Waals surface area contributed by atoms with Crippen LogP contribution in [0.1, 0.15) is 28.4 Å². The molecule has 0 heterocycles. The van der Waals surface area contributed by atoms with Gasteiger partial charge in [0.25, 0.3) is 5.91 Å². The number of rotatable bonds is 6. The predicted octanol–water partition coefficient (Wildman–Crippen LogP) is 3.09. The first-order valence-corrected chi connectivity index (χ1v) is 8.20. The molecule has 5 heteroatoms. The predicted molar refractivity (Wildman–Crippen MR) is 99.3 cm³/mol. The van der Waals surface area contributed by atoms with Crippen molar-refractivity contribution in [3.8, 4) is 5.75 Å². The molecular weight excluding hydrogens is 316 g/mol. The Balaban J connectivity index is 2.00. The molecule has 0 bridgehead atoms. The molecule has 5 nitrogen and oxygen atoms in total. The summed E-state index contributed by atoms with van der Waals surface area (Å²) in [6.07, 6.45) is 0. The third kappa shape index (κ3) is 4.83. The molecule has 2 amide bonds. The number of carbonyl (C=O) groups is 2. The summed E-state index contributed by atoms with van der Waals surface area (Å²) < 4.78 is 5.08. The second-order valence-corrected chi connectivity index (χ2v) is 5.94. The normalized spacial score (nSPS) is 10.2. The Morgan fingerprint density at radius 2 is 1.76 bits per heavy atom. The highest BCUT2D eigenvalue weighted by molar-refractivity contribution is 5.95. The zero-order valence-electron chi connectivity index (χ0n) is 15.1. The van der Waals surface area contributed by atoms with Gasteiger partial charge in [0.15, 0.2) is 0 Å². The van der Waals surface area contributed by atoms with E-state index < -0.39 is 0 Å². The van der Waals surface area contributed by atoms with E-state index in [0.29, 0.717) is 24.4 Å². The summed E-state index contributed by atoms with van der Waals surface area (Å²) in [5.41, 5.74) is 3.56. The molecule has 0 aliphatic heterocycles. The maximum atomic E-state index is 12.2. The quantitative estimate of drug-likeness (QED) is 0.879. The van der Waals surface area contributed by atoms with Crippen molar-refractivity contribution in [1.82, 2.24) is 5.32 Å². The fourth-order valence-electron chi connectivity index (χ4n) is 2.58. The Bertz CT molecular complexity index is 754. The summed E-state index contributed by atoms with van der Waals surface area (Å²) in [5.74, 6) is 0.480. The van der Waals surface area contributed by atoms with Crippen LogP contribution >= 0.6 is 0 Å². The van der Waals surface area contributed by atoms with Gasteiger partial charge in [-0.25, -0.2) is 0 Å². The largest absolute Gasteiger partial charge is 0.497 e. The zero-order valence-corrected chi connectivity index (χ0v) is 15.1. The summed E-state index contributed by atoms with van der Waals surface area (Å²) in [5, 5.41) is 2.85. The van der Waals surface area contributed by atoms with Crippen molar-refractivity contribution in [2.45, 2.75) is 20.8 Å². The van der Waals surface area contributed by atoms with Crippen LogP contribution in [-0.4, -0.2) is 32.0 Å². The van der Waals surface area contributed by atoms with E-state index in [0.717, 1.165) is 16.8 Å². The van der Waals surface area contributed by atoms with E-state index >= 15 is 0 Å². The number of nitrogens with one attached hydrogen (secondary N) is 1. The topological polar surface area (TPSA) is 58.6 Å². The number of benzene rings is 2. The first-order chi connectivity index (χ1) is 11.9. The lowest BCUT2D eigenvalue weighted by Crippen LogP contribution is -2.38. The monoisotopic (exact) mass is 340 g/mol. The van der Waals surface area contributed by atoms with E-state index in [-0.39, 0.29) is 11.8 Å². The lowest BCUT2D eigenvalue weighted by molar-refractivity contribution is -0.116. The summed E-state index contributed by atoms with van der Waals surface area (Å²) in [6, 6.07) is 12.9. The fraction of sp³-hybridized carbons (Fsp3) is 0.300. The highest BCUT2D eigenvalue weighted by Crippen LogP contribution is 2.21. The number of nitrogens with zero attached hydrogens (tertiary/aromatic N) is 1. The molecule has 2 rings (SSSR count). The van der Waals surface area contributed by atoms with Crippen LogP contribution in [0.15, 0.2) is 42.5 Å². The molecule has 0 radical (unpaired) electrons. The number of hydrogen-bond donors (Lipinski definition) is 1. The molecule has 0 aliphatic rings. The number of aryl methyl sites for hydroxylation is 2. The molecule has 132 valence electrons. The summed E-state index contributed by atoms with van der Waals surface area (Å²) in [4.78, 5) is 25.9. The zero-order chi connectivity index (χ0) is 18.4. The Morgan fingerprint density at radius 3 is 2.36 bits per heavy atom. The van der Waals surface area contributed by atoms with Gasteiger partial charge in [0.05, 0.1) is 7.11 Å². The summed E-state index contributed by atoms with van der Waals surface area (Å²) in [7, 11) is 1.58. The summed E-state index contributed by atoms with van der Waals surface area (Å²) >= 11 is 0. The SMILES string of the molecule is COc1ccc(C(=O)NCCN(C(C)=O)c2cc(C)ccc2C)cc1. The molecule has 0 atom stereocenters. The Morgan fingerprint density at radius 1 is 1.08 bits per heavy atom. The minimum absolute atomic E-state index is 0.0487. The maximum absolute atomic E-state index is 12.2. The average molecular weight is 340 g/mol. The molecule has 25 heavy (non-hydrogen) atoms. The van der Waals surface area contributed by atoms with Crippen LogP contribution in [0.5, 0.6) is 5.75 Å². The average Bonchev–Trinajstić information content (AvgIpc) is 2.60. The van der Waals surface area contributed by atoms with Crippen LogP contribution in [0.3, 0.4) is 0 Å². The minimum atomic E-state index is -0.174. The summed E-state index contributed by atoms with van der Waals surface area (Å²) in [6.45, 7) is 6.29. The number of ether oxygens (including phenoxy) is 1. The van der Waals surface area contributed by atoms with E-state index in [1.807, 2.05) is 32.0 Å². The van der Waals surface area contributed by atoms with Crippen molar-refractivity contribution in [1.29, 1.82) is 0 Å². The van der Waals surface area contributed by atoms with E-state index in [2.05, 4.69) is 5.32 Å². The van der Waals surface area contributed by atoms with Gasteiger partial charge in [0.1, 0.15) is 5.75 Å². The van der Waals surface area contributed by atoms with Gasteiger partial charge in [-0.1, -0.05) is 12.1 Å². The van der Waals surface area contributed by atoms with Gasteiger partial charge in [-0.3, -0.25) is 9.59 Å². The van der Waals surface area contributed by atoms with Crippen LogP contribution in [0.2, 0.25) is 0 Å². The minimum Gasteiger partial charge on any atom is -0.497 e. The van der Waals surface area contributed by atoms with Crippen molar-refractivity contribution in [2.75, 3.05) is 25.1 Å². The Labute approximate surface area is 148 Å². The van der Waals surface area contributed by atoms with Crippen molar-refractivity contribution >= 4 is 17.5 Å². The number of carbonyl (C=O) groups excluding carboxylic acids is 2. The molecule has 0 aromatic heterocycles. The van der Waals surface area contributed by atoms with Gasteiger partial charge < -0.3 is 15.0 Å². The van der Waals surface area contributed by atoms with Crippen molar-refractivity contribution in [3.05, 3.63) is 59.2 Å². The van der Waals surface area contributed by atoms with Crippen molar-refractivity contribution in [3.63, 3.8) is 0 Å². The Kier molecular flexibility index (Phi) is 6.17. The van der Waals surface area contributed by atoms with Crippen LogP contribution in [-0.2, 0) is 4.79 Å². The first-order valence-electron chi connectivity index (χ1n) is 8.20. The van der Waals surface area contributed by atoms with Crippen LogP contribution in [0.4, 0.5) is 5.69 Å². The second kappa shape index (κ2) is 8.33. The number of hydrogen-bond acceptors (Lipinski definition) is 3. The second-order valence-electron chi connectivity index (χ2n) is 5.94. The van der Waals surface area contributed by atoms with Crippen LogP contribution < -0.4 is 15.0 Å². The van der Waals surface area contributed by atoms with Crippen LogP contribution in [0.25, 0.3) is 0 Å². The van der Waals surface area contributed by atoms with Gasteiger partial charge >= 0.3 is 0 Å². The molecule has 0 spiro atoms. The van der Waals surface area contributed by atoms with Gasteiger partial charge in [-0.2, -0.15) is 0 Å². The first kappa shape index (κ1) is 18.5. The molecular formula is C20H24N2O3. The Hall–Kier alpha value is -2.82. The fourth-order valence-corrected chi connectivity index (χ4v) is 2.58. The van der Waals surface area contributed by atoms with Gasteiger partial charge in [0.2, 0.25) is 5.91 Å². The highest BCUT2D eigenvalue weighted by atomic mass is 16.5. The van der Waals surface area contributed by atoms with Crippen molar-refractivity contribution in [2.24, 2.45) is 0 Å². The molecule has 2 aromatic carbocycles. The van der Waals surface area contributed by atoms with Gasteiger partial charge in [0, 0.05) is 31.3 Å². The van der Waals surface area contributed by atoms with E-state index in [1.54, 1.807) is 36.3 Å². The molecule has 0 aliphatic carbocycles. The molecule has 0 saturated carbocycles. The van der Waals surface area contributed by atoms with E-state index in [4.69, 9.17) is 4.74 Å². The molecule has 0 unspecified atom stereocenters. The molecule has 1 N–H and O–H groups in total. The maximum Gasteiger partial charge on any atom is 0.251 e. The smallest absolute Gasteiger partial charge is 0.251 e. The van der Waals surface area contributed by atoms with E-state index in [1.165, 1.54) is 6.92 Å². The lowest BCUT2D eigenvalue weighted by atomic mass is 10.1.